The summed E-state index contributed by atoms with van der Waals surface area (Å²) in [5, 5.41) is 0. The second kappa shape index (κ2) is 5.65. The van der Waals surface area contributed by atoms with E-state index in [0.29, 0.717) is 25.1 Å². The summed E-state index contributed by atoms with van der Waals surface area (Å²) in [5.41, 5.74) is 1.36. The first kappa shape index (κ1) is 13.3. The van der Waals surface area contributed by atoms with E-state index in [2.05, 4.69) is 22.5 Å². The summed E-state index contributed by atoms with van der Waals surface area (Å²) < 4.78 is 14.7. The van der Waals surface area contributed by atoms with E-state index < -0.39 is 0 Å². The zero-order valence-corrected chi connectivity index (χ0v) is 11.7. The van der Waals surface area contributed by atoms with Crippen molar-refractivity contribution in [3.05, 3.63) is 40.6 Å². The van der Waals surface area contributed by atoms with E-state index in [0.717, 1.165) is 22.9 Å². The fraction of sp³-hybridized carbons (Fsp3) is 0.357. The predicted octanol–water partition coefficient (Wildman–Crippen LogP) is 3.83. The summed E-state index contributed by atoms with van der Waals surface area (Å²) in [5.74, 6) is -0.358. The van der Waals surface area contributed by atoms with Crippen molar-refractivity contribution in [3.8, 4) is 0 Å². The lowest BCUT2D eigenvalue weighted by atomic mass is 10.0. The highest BCUT2D eigenvalue weighted by Gasteiger charge is 2.25. The zero-order chi connectivity index (χ0) is 13.1. The Morgan fingerprint density at radius 3 is 3.06 bits per heavy atom. The first-order valence-corrected chi connectivity index (χ1v) is 6.82. The molecule has 0 atom stereocenters. The van der Waals surface area contributed by atoms with Crippen LogP contribution in [0, 0.1) is 5.82 Å². The van der Waals surface area contributed by atoms with Gasteiger partial charge in [-0.15, -0.1) is 6.58 Å². The van der Waals surface area contributed by atoms with Gasteiger partial charge in [0.05, 0.1) is 5.69 Å². The average molecular weight is 312 g/mol. The van der Waals surface area contributed by atoms with Crippen molar-refractivity contribution in [2.24, 2.45) is 0 Å². The summed E-state index contributed by atoms with van der Waals surface area (Å²) in [6.07, 6.45) is 4.42. The zero-order valence-electron chi connectivity index (χ0n) is 10.1. The summed E-state index contributed by atoms with van der Waals surface area (Å²) in [6.45, 7) is 4.20. The number of hydrogen-bond acceptors (Lipinski definition) is 1. The van der Waals surface area contributed by atoms with Gasteiger partial charge in [0.2, 0.25) is 5.91 Å². The normalized spacial score (nSPS) is 14.2. The van der Waals surface area contributed by atoms with Crippen molar-refractivity contribution in [1.82, 2.24) is 0 Å². The van der Waals surface area contributed by atoms with Gasteiger partial charge in [0.1, 0.15) is 5.82 Å². The van der Waals surface area contributed by atoms with Gasteiger partial charge >= 0.3 is 0 Å². The maximum absolute atomic E-state index is 14.0. The summed E-state index contributed by atoms with van der Waals surface area (Å²) in [7, 11) is 0. The van der Waals surface area contributed by atoms with Gasteiger partial charge in [-0.3, -0.25) is 4.79 Å². The van der Waals surface area contributed by atoms with Gasteiger partial charge in [-0.1, -0.05) is 22.0 Å². The molecule has 1 aromatic carbocycles. The molecular formula is C14H15BrFNO. The largest absolute Gasteiger partial charge is 0.309 e. The molecule has 1 aromatic rings. The molecule has 0 saturated carbocycles. The van der Waals surface area contributed by atoms with Gasteiger partial charge in [0, 0.05) is 17.4 Å². The van der Waals surface area contributed by atoms with Gasteiger partial charge in [0.25, 0.3) is 0 Å². The van der Waals surface area contributed by atoms with E-state index in [9.17, 15) is 9.18 Å². The Balaban J connectivity index is 2.32. The van der Waals surface area contributed by atoms with Crippen LogP contribution in [0.25, 0.3) is 0 Å². The molecule has 0 bridgehead atoms. The van der Waals surface area contributed by atoms with Crippen LogP contribution < -0.4 is 4.90 Å². The van der Waals surface area contributed by atoms with E-state index in [1.165, 1.54) is 6.07 Å². The molecule has 4 heteroatoms. The Kier molecular flexibility index (Phi) is 4.17. The fourth-order valence-corrected chi connectivity index (χ4v) is 2.74. The molecule has 2 rings (SSSR count). The van der Waals surface area contributed by atoms with Crippen molar-refractivity contribution in [3.63, 3.8) is 0 Å². The van der Waals surface area contributed by atoms with E-state index in [1.54, 1.807) is 11.0 Å². The van der Waals surface area contributed by atoms with E-state index in [-0.39, 0.29) is 11.7 Å². The number of halogens is 2. The average Bonchev–Trinajstić information content (AvgIpc) is 2.34. The molecule has 0 aromatic heterocycles. The molecular weight excluding hydrogens is 297 g/mol. The van der Waals surface area contributed by atoms with Crippen LogP contribution in [0.2, 0.25) is 0 Å². The molecule has 1 heterocycles. The third kappa shape index (κ3) is 2.64. The topological polar surface area (TPSA) is 20.3 Å². The number of carbonyl (C=O) groups is 1. The lowest BCUT2D eigenvalue weighted by Gasteiger charge is -2.30. The number of hydrogen-bond donors (Lipinski definition) is 0. The summed E-state index contributed by atoms with van der Waals surface area (Å²) >= 11 is 3.28. The number of carbonyl (C=O) groups excluding carboxylic acids is 1. The minimum absolute atomic E-state index is 0.0305. The third-order valence-corrected chi connectivity index (χ3v) is 3.53. The molecule has 0 unspecified atom stereocenters. The molecule has 0 radical (unpaired) electrons. The van der Waals surface area contributed by atoms with Crippen LogP contribution in [-0.2, 0) is 11.2 Å². The Labute approximate surface area is 115 Å². The first-order valence-electron chi connectivity index (χ1n) is 6.02. The molecule has 0 N–H and O–H groups in total. The van der Waals surface area contributed by atoms with E-state index in [1.807, 2.05) is 6.07 Å². The Morgan fingerprint density at radius 1 is 1.56 bits per heavy atom. The minimum atomic E-state index is -0.328. The molecule has 0 saturated heterocycles. The van der Waals surface area contributed by atoms with Crippen molar-refractivity contribution in [2.45, 2.75) is 25.7 Å². The first-order chi connectivity index (χ1) is 8.63. The number of allylic oxidation sites excluding steroid dienone is 1. The number of aryl methyl sites for hydroxylation is 1. The van der Waals surface area contributed by atoms with Crippen LogP contribution in [0.4, 0.5) is 10.1 Å². The summed E-state index contributed by atoms with van der Waals surface area (Å²) in [6, 6.07) is 3.31. The molecule has 0 fully saturated rings. The van der Waals surface area contributed by atoms with Gasteiger partial charge in [0.15, 0.2) is 0 Å². The number of rotatable bonds is 3. The number of fused-ring (bicyclic) bond motifs is 1. The van der Waals surface area contributed by atoms with Crippen molar-refractivity contribution >= 4 is 27.5 Å². The predicted molar refractivity (Wildman–Crippen MR) is 74.2 cm³/mol. The van der Waals surface area contributed by atoms with Crippen LogP contribution >= 0.6 is 15.9 Å². The highest BCUT2D eigenvalue weighted by molar-refractivity contribution is 9.10. The molecule has 0 spiro atoms. The Morgan fingerprint density at radius 2 is 2.33 bits per heavy atom. The second-order valence-electron chi connectivity index (χ2n) is 4.37. The van der Waals surface area contributed by atoms with Crippen molar-refractivity contribution < 1.29 is 9.18 Å². The van der Waals surface area contributed by atoms with Gasteiger partial charge in [-0.05, 0) is 37.0 Å². The second-order valence-corrected chi connectivity index (χ2v) is 5.29. The molecule has 18 heavy (non-hydrogen) atoms. The molecule has 0 aliphatic carbocycles. The Bertz CT molecular complexity index is 487. The maximum atomic E-state index is 14.0. The molecule has 1 aliphatic rings. The lowest BCUT2D eigenvalue weighted by Crippen LogP contribution is -2.36. The molecule has 1 aliphatic heterocycles. The SMILES string of the molecule is C=CCCC(=O)N1CCCc2cc(Br)cc(F)c21. The number of amides is 1. The third-order valence-electron chi connectivity index (χ3n) is 3.07. The van der Waals surface area contributed by atoms with Crippen LogP contribution in [-0.4, -0.2) is 12.5 Å². The minimum Gasteiger partial charge on any atom is -0.309 e. The molecule has 2 nitrogen and oxygen atoms in total. The van der Waals surface area contributed by atoms with Gasteiger partial charge in [-0.2, -0.15) is 0 Å². The number of anilines is 1. The highest BCUT2D eigenvalue weighted by atomic mass is 79.9. The van der Waals surface area contributed by atoms with E-state index >= 15 is 0 Å². The van der Waals surface area contributed by atoms with Crippen molar-refractivity contribution in [1.29, 1.82) is 0 Å². The molecule has 96 valence electrons. The van der Waals surface area contributed by atoms with Gasteiger partial charge in [-0.25, -0.2) is 4.39 Å². The van der Waals surface area contributed by atoms with Crippen LogP contribution in [0.5, 0.6) is 0 Å². The van der Waals surface area contributed by atoms with E-state index in [4.69, 9.17) is 0 Å². The smallest absolute Gasteiger partial charge is 0.227 e. The van der Waals surface area contributed by atoms with Crippen LogP contribution in [0.15, 0.2) is 29.3 Å². The maximum Gasteiger partial charge on any atom is 0.227 e. The lowest BCUT2D eigenvalue weighted by molar-refractivity contribution is -0.118. The summed E-state index contributed by atoms with van der Waals surface area (Å²) in [4.78, 5) is 13.6. The quantitative estimate of drug-likeness (QED) is 0.777. The van der Waals surface area contributed by atoms with Crippen LogP contribution in [0.1, 0.15) is 24.8 Å². The molecule has 1 amide bonds. The number of benzene rings is 1. The van der Waals surface area contributed by atoms with Crippen molar-refractivity contribution in [2.75, 3.05) is 11.4 Å². The van der Waals surface area contributed by atoms with Crippen LogP contribution in [0.3, 0.4) is 0 Å². The standard InChI is InChI=1S/C14H15BrFNO/c1-2-3-6-13(18)17-7-4-5-10-8-11(15)9-12(16)14(10)17/h2,8-9H,1,3-7H2. The fourth-order valence-electron chi connectivity index (χ4n) is 2.26. The van der Waals surface area contributed by atoms with Gasteiger partial charge < -0.3 is 4.90 Å². The number of nitrogens with zero attached hydrogens (tertiary/aromatic N) is 1. The monoisotopic (exact) mass is 311 g/mol. The Hall–Kier alpha value is -1.16. The highest BCUT2D eigenvalue weighted by Crippen LogP contribution is 2.33.